The lowest BCUT2D eigenvalue weighted by Gasteiger charge is -2.52. The Bertz CT molecular complexity index is 4080. The summed E-state index contributed by atoms with van der Waals surface area (Å²) >= 11 is 98.3. The van der Waals surface area contributed by atoms with Gasteiger partial charge in [-0.05, 0) is 31.1 Å². The van der Waals surface area contributed by atoms with Crippen molar-refractivity contribution in [1.82, 2.24) is 0 Å². The standard InChI is InChI=1S/C72H60Cl12O12Si12/c73-97(74,61-37-13-1-14-38-61)85-103(67-49-25-7-26-50-67)91-104(68-51-27-8-28-52-68,86-98(75,76)62-39-15-2-16-40-62)93-106(70-55-31-10-32-56-70,88-100(79,80)64-43-19-4-20-44-64)95-108(72-59-35-12-36-60-72,90-102(83,84)66-47-23-6-24-48-66)96-107(71-57-33-11-34-58-71,89-101(81,82)65-45-21-5-22-46-65)94-105(92-103,69-53-29-9-30-54-69)87-99(77,78)63-41-17-3-18-42-63/h1-60H. The molecule has 0 aromatic heterocycles. The van der Waals surface area contributed by atoms with Crippen molar-refractivity contribution in [3.63, 3.8) is 0 Å². The van der Waals surface area contributed by atoms with Crippen molar-refractivity contribution < 1.29 is 49.4 Å². The Kier molecular flexibility index (Phi) is 26.5. The summed E-state index contributed by atoms with van der Waals surface area (Å²) in [6.07, 6.45) is 0. The van der Waals surface area contributed by atoms with E-state index in [9.17, 15) is 0 Å². The van der Waals surface area contributed by atoms with Gasteiger partial charge in [0.2, 0.25) is 0 Å². The van der Waals surface area contributed by atoms with Crippen LogP contribution in [0.1, 0.15) is 0 Å². The lowest BCUT2D eigenvalue weighted by molar-refractivity contribution is 0.110. The number of halogens is 12. The molecule has 0 amide bonds. The van der Waals surface area contributed by atoms with E-state index in [1.807, 2.05) is 0 Å². The van der Waals surface area contributed by atoms with Crippen LogP contribution in [0.5, 0.6) is 0 Å². The van der Waals surface area contributed by atoms with Gasteiger partial charge < -0.3 is 49.4 Å². The lowest BCUT2D eigenvalue weighted by atomic mass is 10.4. The fraction of sp³-hybridized carbons (Fsp3) is 0. The average Bonchev–Trinajstić information content (AvgIpc) is 0.702. The van der Waals surface area contributed by atoms with Crippen LogP contribution in [0.3, 0.4) is 0 Å². The monoisotopic (exact) mass is 1870 g/mol. The second-order valence-electron chi connectivity index (χ2n) is 24.1. The van der Waals surface area contributed by atoms with E-state index in [1.54, 1.807) is 364 Å². The summed E-state index contributed by atoms with van der Waals surface area (Å²) in [6.45, 7) is -28.9. The highest BCUT2D eigenvalue weighted by Gasteiger charge is 2.77. The minimum atomic E-state index is -5.96. The third kappa shape index (κ3) is 18.8. The van der Waals surface area contributed by atoms with E-state index >= 15 is 0 Å². The molecule has 0 N–H and O–H groups in total. The lowest BCUT2D eigenvalue weighted by Crippen LogP contribution is -2.85. The van der Waals surface area contributed by atoms with E-state index in [2.05, 4.69) is 0 Å². The summed E-state index contributed by atoms with van der Waals surface area (Å²) < 4.78 is 99.5. The van der Waals surface area contributed by atoms with Crippen molar-refractivity contribution in [3.05, 3.63) is 364 Å². The second kappa shape index (κ2) is 34.7. The first kappa shape index (κ1) is 82.2. The van der Waals surface area contributed by atoms with Crippen molar-refractivity contribution >= 4 is 290 Å². The number of rotatable bonds is 24. The largest absolute Gasteiger partial charge is 0.514 e. The number of hydrogen-bond acceptors (Lipinski definition) is 12. The van der Waals surface area contributed by atoms with Gasteiger partial charge in [0, 0.05) is 31.1 Å². The minimum Gasteiger partial charge on any atom is -0.385 e. The molecular weight excluding hydrogens is 1820 g/mol. The van der Waals surface area contributed by atoms with Gasteiger partial charge in [0.1, 0.15) is 0 Å². The van der Waals surface area contributed by atoms with Crippen LogP contribution in [-0.4, -0.2) is 94.4 Å². The van der Waals surface area contributed by atoms with E-state index < -0.39 is 94.4 Å². The molecule has 0 atom stereocenters. The zero-order chi connectivity index (χ0) is 75.8. The van der Waals surface area contributed by atoms with E-state index in [0.717, 1.165) is 0 Å². The molecule has 1 aliphatic rings. The molecule has 1 heterocycles. The van der Waals surface area contributed by atoms with Gasteiger partial charge in [0.25, 0.3) is 0 Å². The Morgan fingerprint density at radius 3 is 0.343 bits per heavy atom. The van der Waals surface area contributed by atoms with Gasteiger partial charge in [-0.1, -0.05) is 364 Å². The minimum absolute atomic E-state index is 0.107. The van der Waals surface area contributed by atoms with Gasteiger partial charge in [-0.25, -0.2) is 0 Å². The zero-order valence-corrected chi connectivity index (χ0v) is 77.1. The Hall–Kier alpha value is -3.76. The normalized spacial score (nSPS) is 22.1. The Morgan fingerprint density at radius 1 is 0.148 bits per heavy atom. The van der Waals surface area contributed by atoms with Crippen molar-refractivity contribution in [2.24, 2.45) is 0 Å². The number of hydrogen-bond donors (Lipinski definition) is 0. The molecule has 108 heavy (non-hydrogen) atoms. The summed E-state index contributed by atoms with van der Waals surface area (Å²) in [5.74, 6) is 0. The van der Waals surface area contributed by atoms with Crippen molar-refractivity contribution in [2.45, 2.75) is 0 Å². The molecule has 0 unspecified atom stereocenters. The van der Waals surface area contributed by atoms with Crippen LogP contribution in [0.15, 0.2) is 364 Å². The first-order valence-electron chi connectivity index (χ1n) is 33.1. The molecule has 0 aliphatic carbocycles. The quantitative estimate of drug-likeness (QED) is 0.0424. The summed E-state index contributed by atoms with van der Waals surface area (Å²) in [4.78, 5) is 0. The molecule has 36 heteroatoms. The van der Waals surface area contributed by atoms with Crippen LogP contribution in [0, 0.1) is 0 Å². The van der Waals surface area contributed by atoms with E-state index in [-0.39, 0.29) is 31.1 Å². The Balaban J connectivity index is 1.30. The van der Waals surface area contributed by atoms with E-state index in [4.69, 9.17) is 182 Å². The molecule has 0 radical (unpaired) electrons. The Morgan fingerprint density at radius 2 is 0.241 bits per heavy atom. The van der Waals surface area contributed by atoms with E-state index in [0.29, 0.717) is 31.1 Å². The maximum Gasteiger partial charge on any atom is 0.514 e. The topological polar surface area (TPSA) is 111 Å². The predicted molar refractivity (Wildman–Crippen MR) is 465 cm³/mol. The maximum atomic E-state index is 8.62. The Labute approximate surface area is 695 Å². The van der Waals surface area contributed by atoms with Gasteiger partial charge in [0.05, 0.1) is 0 Å². The third-order valence-electron chi connectivity index (χ3n) is 16.6. The summed E-state index contributed by atoms with van der Waals surface area (Å²) in [5, 5.41) is 2.46. The first-order chi connectivity index (χ1) is 51.7. The van der Waals surface area contributed by atoms with Gasteiger partial charge in [-0.2, -0.15) is 0 Å². The molecule has 0 saturated carbocycles. The SMILES string of the molecule is Cl[Si](Cl)(O[Si]1(c2ccccc2)O[Si](O[Si](Cl)(Cl)c2ccccc2)(c2ccccc2)O[Si](O[Si](Cl)(Cl)c2ccccc2)(c2ccccc2)O[Si](O[Si](Cl)(Cl)c2ccccc2)(c2ccccc2)O[Si](O[Si](Cl)(Cl)c2ccccc2)(c2ccccc2)O[Si](O[Si](Cl)(Cl)c2ccccc2)(c2ccccc2)O1)c1ccccc1. The van der Waals surface area contributed by atoms with Crippen LogP contribution >= 0.6 is 133 Å². The summed E-state index contributed by atoms with van der Waals surface area (Å²) in [6, 6.07) is 104. The van der Waals surface area contributed by atoms with Gasteiger partial charge in [-0.3, -0.25) is 0 Å². The fourth-order valence-corrected chi connectivity index (χ4v) is 71.8. The molecule has 12 nitrogen and oxygen atoms in total. The average molecular weight is 1880 g/mol. The molecule has 0 bridgehead atoms. The zero-order valence-electron chi connectivity index (χ0n) is 56.1. The first-order valence-corrected chi connectivity index (χ1v) is 67.0. The summed E-state index contributed by atoms with van der Waals surface area (Å²) in [5.41, 5.74) is 0. The van der Waals surface area contributed by atoms with Gasteiger partial charge in [0.15, 0.2) is 0 Å². The third-order valence-corrected chi connectivity index (χ3v) is 70.6. The highest BCUT2D eigenvalue weighted by molar-refractivity contribution is 7.52. The highest BCUT2D eigenvalue weighted by atomic mass is 35.7. The van der Waals surface area contributed by atoms with Crippen molar-refractivity contribution in [2.75, 3.05) is 0 Å². The molecule has 1 saturated heterocycles. The van der Waals surface area contributed by atoms with Crippen LogP contribution < -0.4 is 62.2 Å². The molecule has 0 spiro atoms. The molecule has 1 fully saturated rings. The smallest absolute Gasteiger partial charge is 0.385 e. The number of benzene rings is 12. The maximum absolute atomic E-state index is 8.62. The van der Waals surface area contributed by atoms with Gasteiger partial charge >= 0.3 is 94.4 Å². The second-order valence-corrected chi connectivity index (χ2v) is 76.3. The molecule has 12 aromatic rings. The van der Waals surface area contributed by atoms with Crippen LogP contribution in [0.25, 0.3) is 0 Å². The molecule has 552 valence electrons. The van der Waals surface area contributed by atoms with Crippen molar-refractivity contribution in [1.29, 1.82) is 0 Å². The van der Waals surface area contributed by atoms with Crippen LogP contribution in [-0.2, 0) is 49.4 Å². The fourth-order valence-electron chi connectivity index (χ4n) is 11.5. The molecular formula is C72H60Cl12O12Si12. The highest BCUT2D eigenvalue weighted by Crippen LogP contribution is 2.43. The molecule has 13 rings (SSSR count). The van der Waals surface area contributed by atoms with Crippen LogP contribution in [0.4, 0.5) is 0 Å². The molecule has 1 aliphatic heterocycles. The van der Waals surface area contributed by atoms with E-state index in [1.165, 1.54) is 0 Å². The summed E-state index contributed by atoms with van der Waals surface area (Å²) in [7, 11) is -35.7. The molecule has 12 aromatic carbocycles. The van der Waals surface area contributed by atoms with Crippen molar-refractivity contribution in [3.8, 4) is 0 Å². The predicted octanol–water partition coefficient (Wildman–Crippen LogP) is 13.2. The van der Waals surface area contributed by atoms with Gasteiger partial charge in [-0.15, -0.1) is 133 Å². The van der Waals surface area contributed by atoms with Crippen LogP contribution in [0.2, 0.25) is 0 Å².